The molecular weight excluding hydrogens is 284 g/mol. The van der Waals surface area contributed by atoms with E-state index in [2.05, 4.69) is 5.10 Å². The minimum Gasteiger partial charge on any atom is -0.394 e. The van der Waals surface area contributed by atoms with Crippen LogP contribution < -0.4 is 10.6 Å². The van der Waals surface area contributed by atoms with E-state index in [4.69, 9.17) is 5.73 Å². The van der Waals surface area contributed by atoms with Gasteiger partial charge in [-0.15, -0.1) is 0 Å². The first-order valence-electron chi connectivity index (χ1n) is 6.23. The standard InChI is InChI=1S/C11H20N4O2S2/c1-4-19(16,17)9-7-18-6-5-15(9)11-10(12)8(2)13-14(11)3/h9H,4-7,12H2,1-3H3. The lowest BCUT2D eigenvalue weighted by atomic mass is 10.3. The van der Waals surface area contributed by atoms with Gasteiger partial charge in [0.15, 0.2) is 15.7 Å². The minimum absolute atomic E-state index is 0.144. The van der Waals surface area contributed by atoms with Gasteiger partial charge in [-0.05, 0) is 6.92 Å². The molecule has 2 heterocycles. The average Bonchev–Trinajstić information content (AvgIpc) is 2.63. The van der Waals surface area contributed by atoms with E-state index in [0.717, 1.165) is 17.3 Å². The van der Waals surface area contributed by atoms with Gasteiger partial charge in [-0.25, -0.2) is 8.42 Å². The second-order valence-corrected chi connectivity index (χ2v) is 8.22. The summed E-state index contributed by atoms with van der Waals surface area (Å²) in [5, 5.41) is 3.77. The largest absolute Gasteiger partial charge is 0.394 e. The van der Waals surface area contributed by atoms with Crippen molar-refractivity contribution in [1.82, 2.24) is 9.78 Å². The third kappa shape index (κ3) is 2.55. The SMILES string of the molecule is CCS(=O)(=O)C1CSCCN1c1c(N)c(C)nn1C. The number of aryl methyl sites for hydroxylation is 2. The summed E-state index contributed by atoms with van der Waals surface area (Å²) in [5.41, 5.74) is 7.37. The molecule has 19 heavy (non-hydrogen) atoms. The average molecular weight is 304 g/mol. The molecule has 2 rings (SSSR count). The summed E-state index contributed by atoms with van der Waals surface area (Å²) in [6.07, 6.45) is 0. The molecule has 1 unspecified atom stereocenters. The maximum atomic E-state index is 12.2. The van der Waals surface area contributed by atoms with Gasteiger partial charge in [-0.2, -0.15) is 16.9 Å². The summed E-state index contributed by atoms with van der Waals surface area (Å²) in [6.45, 7) is 4.20. The molecule has 8 heteroatoms. The number of nitrogen functional groups attached to an aromatic ring is 1. The van der Waals surface area contributed by atoms with E-state index in [1.807, 2.05) is 11.8 Å². The van der Waals surface area contributed by atoms with Gasteiger partial charge in [0.05, 0.1) is 11.4 Å². The highest BCUT2D eigenvalue weighted by molar-refractivity contribution is 8.01. The zero-order chi connectivity index (χ0) is 14.2. The van der Waals surface area contributed by atoms with E-state index in [1.54, 1.807) is 30.4 Å². The first kappa shape index (κ1) is 14.5. The van der Waals surface area contributed by atoms with E-state index in [0.29, 0.717) is 18.0 Å². The molecule has 1 saturated heterocycles. The quantitative estimate of drug-likeness (QED) is 0.882. The van der Waals surface area contributed by atoms with Crippen molar-refractivity contribution in [2.24, 2.45) is 7.05 Å². The molecule has 2 N–H and O–H groups in total. The van der Waals surface area contributed by atoms with Gasteiger partial charge in [-0.1, -0.05) is 6.92 Å². The van der Waals surface area contributed by atoms with Gasteiger partial charge in [0.2, 0.25) is 0 Å². The lowest BCUT2D eigenvalue weighted by molar-refractivity contribution is 0.576. The molecular formula is C11H20N4O2S2. The Morgan fingerprint density at radius 1 is 1.53 bits per heavy atom. The maximum Gasteiger partial charge on any atom is 0.171 e. The lowest BCUT2D eigenvalue weighted by Crippen LogP contribution is -2.48. The second-order valence-electron chi connectivity index (χ2n) is 4.62. The first-order chi connectivity index (χ1) is 8.88. The van der Waals surface area contributed by atoms with Gasteiger partial charge in [0.1, 0.15) is 5.37 Å². The predicted octanol–water partition coefficient (Wildman–Crippen LogP) is 0.625. The zero-order valence-corrected chi connectivity index (χ0v) is 13.1. The van der Waals surface area contributed by atoms with Crippen molar-refractivity contribution in [2.45, 2.75) is 19.2 Å². The van der Waals surface area contributed by atoms with Crippen LogP contribution in [0.25, 0.3) is 0 Å². The Morgan fingerprint density at radius 3 is 2.74 bits per heavy atom. The molecule has 1 aliphatic heterocycles. The summed E-state index contributed by atoms with van der Waals surface area (Å²) in [7, 11) is -1.33. The van der Waals surface area contributed by atoms with Crippen LogP contribution in [0.5, 0.6) is 0 Å². The van der Waals surface area contributed by atoms with Crippen molar-refractivity contribution < 1.29 is 8.42 Å². The smallest absolute Gasteiger partial charge is 0.171 e. The van der Waals surface area contributed by atoms with E-state index in [1.165, 1.54) is 0 Å². The molecule has 0 spiro atoms. The van der Waals surface area contributed by atoms with Gasteiger partial charge < -0.3 is 10.6 Å². The molecule has 0 bridgehead atoms. The topological polar surface area (TPSA) is 81.2 Å². The second kappa shape index (κ2) is 5.24. The van der Waals surface area contributed by atoms with Crippen molar-refractivity contribution >= 4 is 33.1 Å². The molecule has 0 amide bonds. The third-order valence-corrected chi connectivity index (χ3v) is 6.70. The molecule has 6 nitrogen and oxygen atoms in total. The Morgan fingerprint density at radius 2 is 2.21 bits per heavy atom. The normalized spacial score (nSPS) is 20.8. The third-order valence-electron chi connectivity index (χ3n) is 3.41. The van der Waals surface area contributed by atoms with Crippen LogP contribution in [0.15, 0.2) is 0 Å². The fourth-order valence-electron chi connectivity index (χ4n) is 2.32. The Hall–Kier alpha value is -0.890. The number of anilines is 2. The van der Waals surface area contributed by atoms with Gasteiger partial charge in [0, 0.05) is 30.9 Å². The number of rotatable bonds is 3. The number of nitrogens with two attached hydrogens (primary N) is 1. The van der Waals surface area contributed by atoms with Crippen LogP contribution in [0.2, 0.25) is 0 Å². The highest BCUT2D eigenvalue weighted by Crippen LogP contribution is 2.32. The van der Waals surface area contributed by atoms with Crippen LogP contribution in [0.3, 0.4) is 0 Å². The molecule has 108 valence electrons. The van der Waals surface area contributed by atoms with Gasteiger partial charge in [0.25, 0.3) is 0 Å². The number of hydrogen-bond donors (Lipinski definition) is 1. The highest BCUT2D eigenvalue weighted by atomic mass is 32.2. The predicted molar refractivity (Wildman–Crippen MR) is 80.3 cm³/mol. The molecule has 1 aliphatic rings. The van der Waals surface area contributed by atoms with Crippen molar-refractivity contribution in [3.8, 4) is 0 Å². The Balaban J connectivity index is 2.46. The van der Waals surface area contributed by atoms with Gasteiger partial charge in [-0.3, -0.25) is 4.68 Å². The fourth-order valence-corrected chi connectivity index (χ4v) is 5.29. The van der Waals surface area contributed by atoms with Crippen molar-refractivity contribution in [3.63, 3.8) is 0 Å². The van der Waals surface area contributed by atoms with E-state index < -0.39 is 15.2 Å². The molecule has 1 atom stereocenters. The van der Waals surface area contributed by atoms with Crippen molar-refractivity contribution in [3.05, 3.63) is 5.69 Å². The van der Waals surface area contributed by atoms with Crippen LogP contribution >= 0.6 is 11.8 Å². The van der Waals surface area contributed by atoms with Crippen LogP contribution in [0, 0.1) is 6.92 Å². The molecule has 1 aromatic rings. The molecule has 0 radical (unpaired) electrons. The molecule has 0 aromatic carbocycles. The summed E-state index contributed by atoms with van der Waals surface area (Å²) in [6, 6.07) is 0. The van der Waals surface area contributed by atoms with E-state index in [-0.39, 0.29) is 5.75 Å². The molecule has 1 fully saturated rings. The summed E-state index contributed by atoms with van der Waals surface area (Å²) in [4.78, 5) is 1.89. The fraction of sp³-hybridized carbons (Fsp3) is 0.727. The lowest BCUT2D eigenvalue weighted by Gasteiger charge is -2.36. The number of nitrogens with zero attached hydrogens (tertiary/aromatic N) is 3. The first-order valence-corrected chi connectivity index (χ1v) is 9.10. The van der Waals surface area contributed by atoms with E-state index >= 15 is 0 Å². The van der Waals surface area contributed by atoms with Crippen LogP contribution in [0.4, 0.5) is 11.5 Å². The number of sulfone groups is 1. The molecule has 0 aliphatic carbocycles. The number of aromatic nitrogens is 2. The number of thioether (sulfide) groups is 1. The maximum absolute atomic E-state index is 12.2. The van der Waals surface area contributed by atoms with Crippen LogP contribution in [-0.2, 0) is 16.9 Å². The molecule has 0 saturated carbocycles. The Bertz CT molecular complexity index is 567. The van der Waals surface area contributed by atoms with Gasteiger partial charge >= 0.3 is 0 Å². The summed E-state index contributed by atoms with van der Waals surface area (Å²) < 4.78 is 26.2. The van der Waals surface area contributed by atoms with E-state index in [9.17, 15) is 8.42 Å². The van der Waals surface area contributed by atoms with Crippen molar-refractivity contribution in [1.29, 1.82) is 0 Å². The molecule has 1 aromatic heterocycles. The highest BCUT2D eigenvalue weighted by Gasteiger charge is 2.35. The Kier molecular flexibility index (Phi) is 4.00. The minimum atomic E-state index is -3.13. The zero-order valence-electron chi connectivity index (χ0n) is 11.5. The Labute approximate surface area is 118 Å². The monoisotopic (exact) mass is 304 g/mol. The summed E-state index contributed by atoms with van der Waals surface area (Å²) >= 11 is 1.67. The summed E-state index contributed by atoms with van der Waals surface area (Å²) in [5.74, 6) is 2.35. The van der Waals surface area contributed by atoms with Crippen LogP contribution in [0.1, 0.15) is 12.6 Å². The van der Waals surface area contributed by atoms with Crippen LogP contribution in [-0.4, -0.2) is 47.4 Å². The van der Waals surface area contributed by atoms with Crippen molar-refractivity contribution in [2.75, 3.05) is 34.4 Å². The number of hydrogen-bond acceptors (Lipinski definition) is 6.